The highest BCUT2D eigenvalue weighted by Gasteiger charge is 2.50. The zero-order valence-corrected chi connectivity index (χ0v) is 31.5. The summed E-state index contributed by atoms with van der Waals surface area (Å²) in [7, 11) is 1.36. The lowest BCUT2D eigenvalue weighted by atomic mass is 10.1. The highest BCUT2D eigenvalue weighted by molar-refractivity contribution is 5.82. The minimum atomic E-state index is -1.14. The number of rotatable bonds is 21. The fraction of sp³-hybridized carbons (Fsp3) is 0.500. The summed E-state index contributed by atoms with van der Waals surface area (Å²) in [6, 6.07) is 16.5. The molecule has 5 atom stereocenters. The van der Waals surface area contributed by atoms with Gasteiger partial charge in [0.05, 0.1) is 0 Å². The molecule has 1 fully saturated rings. The summed E-state index contributed by atoms with van der Waals surface area (Å²) in [4.78, 5) is 63.5. The molecule has 14 nitrogen and oxygen atoms in total. The summed E-state index contributed by atoms with van der Waals surface area (Å²) >= 11 is 0. The van der Waals surface area contributed by atoms with Crippen LogP contribution in [-0.4, -0.2) is 81.0 Å². The van der Waals surface area contributed by atoms with Crippen LogP contribution in [0.1, 0.15) is 77.2 Å². The predicted molar refractivity (Wildman–Crippen MR) is 198 cm³/mol. The molecule has 0 spiro atoms. The van der Waals surface area contributed by atoms with E-state index in [1.165, 1.54) is 7.11 Å². The van der Waals surface area contributed by atoms with Crippen LogP contribution < -0.4 is 15.4 Å². The Labute approximate surface area is 317 Å². The van der Waals surface area contributed by atoms with Crippen LogP contribution in [0.25, 0.3) is 0 Å². The maximum Gasteiger partial charge on any atom is 0.413 e. The molecule has 14 heteroatoms. The first-order valence-corrected chi connectivity index (χ1v) is 18.2. The molecule has 1 heterocycles. The van der Waals surface area contributed by atoms with E-state index in [0.717, 1.165) is 18.4 Å². The Bertz CT molecular complexity index is 1450. The van der Waals surface area contributed by atoms with Gasteiger partial charge in [-0.3, -0.25) is 9.59 Å². The quantitative estimate of drug-likeness (QED) is 0.0630. The van der Waals surface area contributed by atoms with E-state index in [2.05, 4.69) is 29.5 Å². The molecule has 2 N–H and O–H groups in total. The summed E-state index contributed by atoms with van der Waals surface area (Å²) in [5, 5.41) is 5.22. The zero-order chi connectivity index (χ0) is 39.6. The largest absolute Gasteiger partial charge is 0.461 e. The topological polar surface area (TPSA) is 174 Å². The van der Waals surface area contributed by atoms with Crippen LogP contribution in [0.15, 0.2) is 79.6 Å². The Kier molecular flexibility index (Phi) is 22.1. The second-order valence-electron chi connectivity index (χ2n) is 12.2. The Morgan fingerprint density at radius 3 is 1.98 bits per heavy atom. The van der Waals surface area contributed by atoms with Crippen molar-refractivity contribution in [1.82, 2.24) is 10.6 Å². The summed E-state index contributed by atoms with van der Waals surface area (Å²) in [6.45, 7) is 10.1. The summed E-state index contributed by atoms with van der Waals surface area (Å²) in [6.07, 6.45) is -1.69. The maximum absolute atomic E-state index is 13.4. The van der Waals surface area contributed by atoms with Crippen molar-refractivity contribution in [1.29, 1.82) is 0 Å². The predicted octanol–water partition coefficient (Wildman–Crippen LogP) is 6.32. The number of alkyl carbamates (subject to hydrolysis) is 1. The third kappa shape index (κ3) is 17.6. The number of nitrogens with one attached hydrogen (secondary N) is 2. The highest BCUT2D eigenvalue weighted by atomic mass is 16.7. The number of esters is 3. The zero-order valence-electron chi connectivity index (χ0n) is 31.5. The van der Waals surface area contributed by atoms with Crippen LogP contribution in [0.5, 0.6) is 5.75 Å². The molecule has 3 rings (SSSR count). The maximum atomic E-state index is 13.4. The summed E-state index contributed by atoms with van der Waals surface area (Å²) < 4.78 is 38.8. The number of hydrogen-bond donors (Lipinski definition) is 2. The molecule has 5 unspecified atom stereocenters. The third-order valence-electron chi connectivity index (χ3n) is 7.83. The molecule has 0 radical (unpaired) electrons. The van der Waals surface area contributed by atoms with Crippen molar-refractivity contribution in [3.8, 4) is 5.75 Å². The minimum Gasteiger partial charge on any atom is -0.461 e. The number of carbonyl (C=O) groups is 5. The van der Waals surface area contributed by atoms with Gasteiger partial charge in [-0.1, -0.05) is 88.4 Å². The Morgan fingerprint density at radius 2 is 1.39 bits per heavy atom. The van der Waals surface area contributed by atoms with Gasteiger partial charge in [0.1, 0.15) is 31.1 Å². The van der Waals surface area contributed by atoms with Crippen LogP contribution in [0, 0.1) is 0 Å². The first kappa shape index (κ1) is 45.0. The molecule has 2 aromatic carbocycles. The molecule has 0 bridgehead atoms. The van der Waals surface area contributed by atoms with Crippen molar-refractivity contribution < 1.29 is 57.1 Å². The average molecular weight is 755 g/mol. The van der Waals surface area contributed by atoms with Gasteiger partial charge < -0.3 is 43.8 Å². The molecular formula is C40H54N2O12. The van der Waals surface area contributed by atoms with E-state index in [1.807, 2.05) is 44.2 Å². The number of carbonyl (C=O) groups excluding carboxylic acids is 5. The van der Waals surface area contributed by atoms with Gasteiger partial charge in [0.2, 0.25) is 0 Å². The molecule has 54 heavy (non-hydrogen) atoms. The van der Waals surface area contributed by atoms with Crippen molar-refractivity contribution in [3.63, 3.8) is 0 Å². The molecule has 2 aromatic rings. The van der Waals surface area contributed by atoms with Crippen molar-refractivity contribution in [2.24, 2.45) is 0 Å². The molecule has 0 saturated carbocycles. The van der Waals surface area contributed by atoms with Crippen molar-refractivity contribution in [2.75, 3.05) is 20.3 Å². The fourth-order valence-corrected chi connectivity index (χ4v) is 5.07. The third-order valence-corrected chi connectivity index (χ3v) is 7.83. The molecule has 0 aromatic heterocycles. The van der Waals surface area contributed by atoms with Gasteiger partial charge in [0.25, 0.3) is 0 Å². The monoisotopic (exact) mass is 754 g/mol. The number of benzene rings is 2. The molecule has 0 aliphatic carbocycles. The van der Waals surface area contributed by atoms with E-state index < -0.39 is 67.3 Å². The van der Waals surface area contributed by atoms with E-state index >= 15 is 0 Å². The van der Waals surface area contributed by atoms with Gasteiger partial charge in [-0.05, 0) is 49.8 Å². The number of unbranched alkanes of at least 4 members (excludes halogenated alkanes) is 3. The molecule has 296 valence electrons. The molecule has 1 aliphatic rings. The van der Waals surface area contributed by atoms with Crippen LogP contribution in [0.2, 0.25) is 0 Å². The van der Waals surface area contributed by atoms with Gasteiger partial charge in [-0.25, -0.2) is 14.4 Å². The number of methoxy groups -OCH3 is 1. The molecule has 1 aliphatic heterocycles. The number of amides is 2. The van der Waals surface area contributed by atoms with Gasteiger partial charge >= 0.3 is 30.1 Å². The standard InChI is InChI=1S/C37H50N2O12.C3H4/c1-4-6-21-30(40)50-32-29(49-35(45-3)33(32)51-31(41)22-7-5-2)25-46-34(42)28(39-37(44)48-27-18-12-9-13-19-27)20-14-15-23-38-36(43)47-24-26-16-10-8-11-17-26;1-3-2/h8-13,16-19,28-29,32-33,35H,4-7,14-15,20-25H2,1-3H3,(H,38,43)(H,39,44);1-2H2. The van der Waals surface area contributed by atoms with E-state index in [0.29, 0.717) is 25.7 Å². The van der Waals surface area contributed by atoms with Gasteiger partial charge in [0.15, 0.2) is 18.5 Å². The Balaban J connectivity index is 0.00000325. The van der Waals surface area contributed by atoms with Gasteiger partial charge in [0, 0.05) is 26.5 Å². The molecular weight excluding hydrogens is 700 g/mol. The number of ether oxygens (including phenoxy) is 7. The lowest BCUT2D eigenvalue weighted by Gasteiger charge is -2.24. The Hall–Kier alpha value is -5.17. The number of hydrogen-bond acceptors (Lipinski definition) is 12. The first-order chi connectivity index (χ1) is 26.1. The van der Waals surface area contributed by atoms with Crippen molar-refractivity contribution in [2.45, 2.75) is 109 Å². The Morgan fingerprint density at radius 1 is 0.796 bits per heavy atom. The molecule has 2 amide bonds. The number of para-hydroxylation sites is 1. The van der Waals surface area contributed by atoms with Crippen LogP contribution in [0.3, 0.4) is 0 Å². The van der Waals surface area contributed by atoms with Gasteiger partial charge in [-0.15, -0.1) is 5.73 Å². The lowest BCUT2D eigenvalue weighted by molar-refractivity contribution is -0.184. The second-order valence-corrected chi connectivity index (χ2v) is 12.2. The van der Waals surface area contributed by atoms with E-state index in [9.17, 15) is 24.0 Å². The van der Waals surface area contributed by atoms with Crippen molar-refractivity contribution >= 4 is 30.1 Å². The van der Waals surface area contributed by atoms with Crippen molar-refractivity contribution in [3.05, 3.63) is 85.1 Å². The fourth-order valence-electron chi connectivity index (χ4n) is 5.07. The average Bonchev–Trinajstić information content (AvgIpc) is 3.49. The normalized spacial score (nSPS) is 17.7. The second kappa shape index (κ2) is 26.6. The minimum absolute atomic E-state index is 0.130. The highest BCUT2D eigenvalue weighted by Crippen LogP contribution is 2.29. The summed E-state index contributed by atoms with van der Waals surface area (Å²) in [5.74, 6) is -1.54. The lowest BCUT2D eigenvalue weighted by Crippen LogP contribution is -2.45. The smallest absolute Gasteiger partial charge is 0.413 e. The van der Waals surface area contributed by atoms with E-state index in [-0.39, 0.29) is 38.2 Å². The SMILES string of the molecule is C=C=C.CCCCC(=O)OC1C(COC(=O)C(CCCCNC(=O)OCc2ccccc2)NC(=O)Oc2ccccc2)OC(OC)C1OC(=O)CCCC. The summed E-state index contributed by atoms with van der Waals surface area (Å²) in [5.41, 5.74) is 3.10. The van der Waals surface area contributed by atoms with Gasteiger partial charge in [-0.2, -0.15) is 0 Å². The van der Waals surface area contributed by atoms with Crippen LogP contribution >= 0.6 is 0 Å². The van der Waals surface area contributed by atoms with Crippen LogP contribution in [0.4, 0.5) is 9.59 Å². The van der Waals surface area contributed by atoms with E-state index in [4.69, 9.17) is 33.2 Å². The molecule has 1 saturated heterocycles. The van der Waals surface area contributed by atoms with Crippen LogP contribution in [-0.2, 0) is 49.4 Å². The van der Waals surface area contributed by atoms with E-state index in [1.54, 1.807) is 30.3 Å². The first-order valence-electron chi connectivity index (χ1n) is 18.2.